The van der Waals surface area contributed by atoms with Crippen LogP contribution in [0.5, 0.6) is 0 Å². The number of aryl methyl sites for hydroxylation is 2. The second-order valence-corrected chi connectivity index (χ2v) is 11.0. The third-order valence-corrected chi connectivity index (χ3v) is 7.58. The van der Waals surface area contributed by atoms with Crippen LogP contribution in [-0.4, -0.2) is 31.1 Å². The Morgan fingerprint density at radius 3 is 2.58 bits per heavy atom. The minimum atomic E-state index is -1.16. The first-order valence-corrected chi connectivity index (χ1v) is 12.3. The predicted molar refractivity (Wildman–Crippen MR) is 133 cm³/mol. The largest absolute Gasteiger partial charge is 0.476 e. The first-order valence-electron chi connectivity index (χ1n) is 10.2. The van der Waals surface area contributed by atoms with Crippen LogP contribution in [0.4, 0.5) is 4.39 Å². The second-order valence-electron chi connectivity index (χ2n) is 7.80. The summed E-state index contributed by atoms with van der Waals surface area (Å²) in [6, 6.07) is 11.6. The van der Waals surface area contributed by atoms with Crippen LogP contribution in [0, 0.1) is 19.7 Å². The Morgan fingerprint density at radius 2 is 1.94 bits per heavy atom. The van der Waals surface area contributed by atoms with E-state index in [1.165, 1.54) is 28.2 Å². The van der Waals surface area contributed by atoms with E-state index in [-0.39, 0.29) is 5.69 Å². The number of rotatable bonds is 6. The predicted octanol–water partition coefficient (Wildman–Crippen LogP) is 7.27. The molecule has 2 heterocycles. The van der Waals surface area contributed by atoms with Crippen LogP contribution in [-0.2, 0) is 0 Å². The van der Waals surface area contributed by atoms with Crippen molar-refractivity contribution in [3.8, 4) is 27.5 Å². The quantitative estimate of drug-likeness (QED) is 0.281. The summed E-state index contributed by atoms with van der Waals surface area (Å²) >= 11 is 9.37. The van der Waals surface area contributed by atoms with E-state index < -0.39 is 11.8 Å². The SMILES string of the molecule is Cc1ccc(-c2nc(-n3nc(C)c(-c4cccc(F)c4)c3C(=O)O)sc2SC(C)C)cc1Cl. The number of benzene rings is 2. The minimum absolute atomic E-state index is 0.0542. The maximum atomic E-state index is 13.9. The van der Waals surface area contributed by atoms with Crippen LogP contribution in [0.2, 0.25) is 5.02 Å². The fourth-order valence-electron chi connectivity index (χ4n) is 3.46. The lowest BCUT2D eigenvalue weighted by Gasteiger charge is -2.06. The lowest BCUT2D eigenvalue weighted by Crippen LogP contribution is -2.09. The summed E-state index contributed by atoms with van der Waals surface area (Å²) in [7, 11) is 0. The van der Waals surface area contributed by atoms with Crippen molar-refractivity contribution in [2.75, 3.05) is 0 Å². The van der Waals surface area contributed by atoms with Gasteiger partial charge in [0.2, 0.25) is 5.13 Å². The van der Waals surface area contributed by atoms with E-state index in [1.54, 1.807) is 30.8 Å². The van der Waals surface area contributed by atoms with E-state index in [2.05, 4.69) is 18.9 Å². The Bertz CT molecular complexity index is 1360. The van der Waals surface area contributed by atoms with Crippen LogP contribution in [0.25, 0.3) is 27.5 Å². The van der Waals surface area contributed by atoms with Crippen molar-refractivity contribution in [1.29, 1.82) is 0 Å². The molecule has 9 heteroatoms. The van der Waals surface area contributed by atoms with Gasteiger partial charge in [0.1, 0.15) is 5.82 Å². The topological polar surface area (TPSA) is 68.0 Å². The van der Waals surface area contributed by atoms with Crippen LogP contribution in [0.15, 0.2) is 46.7 Å². The van der Waals surface area contributed by atoms with Gasteiger partial charge in [0, 0.05) is 21.4 Å². The Morgan fingerprint density at radius 1 is 1.18 bits per heavy atom. The van der Waals surface area contributed by atoms with Crippen molar-refractivity contribution in [2.45, 2.75) is 37.2 Å². The number of carboxylic acid groups (broad SMARTS) is 1. The lowest BCUT2D eigenvalue weighted by molar-refractivity contribution is 0.0688. The Labute approximate surface area is 204 Å². The fourth-order valence-corrected chi connectivity index (χ4v) is 6.11. The Balaban J connectivity index is 1.92. The molecule has 2 aromatic carbocycles. The molecule has 0 aliphatic rings. The molecule has 0 fully saturated rings. The zero-order valence-electron chi connectivity index (χ0n) is 18.4. The first kappa shape index (κ1) is 23.5. The van der Waals surface area contributed by atoms with Gasteiger partial charge < -0.3 is 5.11 Å². The van der Waals surface area contributed by atoms with E-state index in [1.807, 2.05) is 25.1 Å². The van der Waals surface area contributed by atoms with E-state index in [0.29, 0.717) is 32.2 Å². The van der Waals surface area contributed by atoms with E-state index in [4.69, 9.17) is 16.6 Å². The average Bonchev–Trinajstić information content (AvgIpc) is 3.30. The van der Waals surface area contributed by atoms with Crippen LogP contribution < -0.4 is 0 Å². The lowest BCUT2D eigenvalue weighted by atomic mass is 10.0. The molecule has 0 amide bonds. The summed E-state index contributed by atoms with van der Waals surface area (Å²) in [6.45, 7) is 7.81. The molecule has 0 atom stereocenters. The summed E-state index contributed by atoms with van der Waals surface area (Å²) in [5.41, 5.74) is 3.79. The van der Waals surface area contributed by atoms with Gasteiger partial charge >= 0.3 is 5.97 Å². The van der Waals surface area contributed by atoms with Gasteiger partial charge in [0.15, 0.2) is 5.69 Å². The molecule has 0 unspecified atom stereocenters. The number of hydrogen-bond donors (Lipinski definition) is 1. The number of nitrogens with zero attached hydrogens (tertiary/aromatic N) is 3. The van der Waals surface area contributed by atoms with E-state index >= 15 is 0 Å². The van der Waals surface area contributed by atoms with Gasteiger partial charge in [-0.05, 0) is 43.2 Å². The number of aromatic carboxylic acids is 1. The molecule has 2 aromatic heterocycles. The van der Waals surface area contributed by atoms with Crippen molar-refractivity contribution >= 4 is 40.7 Å². The number of carbonyl (C=O) groups is 1. The molecule has 4 rings (SSSR count). The summed E-state index contributed by atoms with van der Waals surface area (Å²) in [4.78, 5) is 17.1. The normalized spacial score (nSPS) is 11.4. The van der Waals surface area contributed by atoms with Crippen LogP contribution in [0.3, 0.4) is 0 Å². The molecule has 1 N–H and O–H groups in total. The molecule has 0 saturated carbocycles. The van der Waals surface area contributed by atoms with Crippen molar-refractivity contribution in [1.82, 2.24) is 14.8 Å². The van der Waals surface area contributed by atoms with E-state index in [0.717, 1.165) is 21.0 Å². The molecule has 0 bridgehead atoms. The number of thioether (sulfide) groups is 1. The van der Waals surface area contributed by atoms with Crippen LogP contribution in [0.1, 0.15) is 35.6 Å². The number of carboxylic acids is 1. The average molecular weight is 502 g/mol. The van der Waals surface area contributed by atoms with Crippen LogP contribution >= 0.6 is 34.7 Å². The number of aromatic nitrogens is 3. The molecule has 0 radical (unpaired) electrons. The van der Waals surface area contributed by atoms with Gasteiger partial charge in [0.25, 0.3) is 0 Å². The van der Waals surface area contributed by atoms with Crippen molar-refractivity contribution < 1.29 is 14.3 Å². The van der Waals surface area contributed by atoms with Crippen molar-refractivity contribution in [2.24, 2.45) is 0 Å². The molecule has 0 saturated heterocycles. The minimum Gasteiger partial charge on any atom is -0.476 e. The zero-order chi connectivity index (χ0) is 23.9. The monoisotopic (exact) mass is 501 g/mol. The molecule has 170 valence electrons. The van der Waals surface area contributed by atoms with E-state index in [9.17, 15) is 14.3 Å². The number of thiazole rings is 1. The van der Waals surface area contributed by atoms with Gasteiger partial charge in [-0.15, -0.1) is 11.8 Å². The summed E-state index contributed by atoms with van der Waals surface area (Å²) < 4.78 is 16.2. The molecular formula is C24H21ClFN3O2S2. The maximum absolute atomic E-state index is 13.9. The number of hydrogen-bond acceptors (Lipinski definition) is 5. The standard InChI is InChI=1S/C24H21ClFN3O2S2/c1-12(2)32-23-20(16-9-8-13(3)18(25)11-16)27-24(33-23)29-21(22(30)31)19(14(4)28-29)15-6-5-7-17(26)10-15/h5-12H,1-4H3,(H,30,31). The summed E-state index contributed by atoms with van der Waals surface area (Å²) in [5, 5.41) is 15.9. The van der Waals surface area contributed by atoms with Crippen molar-refractivity contribution in [3.05, 3.63) is 70.3 Å². The highest BCUT2D eigenvalue weighted by atomic mass is 35.5. The highest BCUT2D eigenvalue weighted by Gasteiger charge is 2.27. The molecule has 4 aromatic rings. The maximum Gasteiger partial charge on any atom is 0.355 e. The Hall–Kier alpha value is -2.68. The van der Waals surface area contributed by atoms with Gasteiger partial charge in [0.05, 0.1) is 15.6 Å². The highest BCUT2D eigenvalue weighted by Crippen LogP contribution is 2.41. The van der Waals surface area contributed by atoms with Gasteiger partial charge in [-0.1, -0.05) is 61.1 Å². The van der Waals surface area contributed by atoms with Gasteiger partial charge in [-0.3, -0.25) is 0 Å². The fraction of sp³-hybridized carbons (Fsp3) is 0.208. The Kier molecular flexibility index (Phi) is 6.61. The third kappa shape index (κ3) is 4.69. The second kappa shape index (κ2) is 9.29. The van der Waals surface area contributed by atoms with Gasteiger partial charge in [-0.25, -0.2) is 14.2 Å². The van der Waals surface area contributed by atoms with Gasteiger partial charge in [-0.2, -0.15) is 9.78 Å². The third-order valence-electron chi connectivity index (χ3n) is 4.93. The number of halogens is 2. The molecule has 5 nitrogen and oxygen atoms in total. The molecule has 0 aliphatic carbocycles. The zero-order valence-corrected chi connectivity index (χ0v) is 20.8. The summed E-state index contributed by atoms with van der Waals surface area (Å²) in [6.07, 6.45) is 0. The molecular weight excluding hydrogens is 481 g/mol. The van der Waals surface area contributed by atoms with Crippen molar-refractivity contribution in [3.63, 3.8) is 0 Å². The molecule has 33 heavy (non-hydrogen) atoms. The highest BCUT2D eigenvalue weighted by molar-refractivity contribution is 8.01. The smallest absolute Gasteiger partial charge is 0.355 e. The molecule has 0 aliphatic heterocycles. The summed E-state index contributed by atoms with van der Waals surface area (Å²) in [5.74, 6) is -1.61. The molecule has 0 spiro atoms. The first-order chi connectivity index (χ1) is 15.7.